The van der Waals surface area contributed by atoms with Crippen molar-refractivity contribution in [3.63, 3.8) is 0 Å². The summed E-state index contributed by atoms with van der Waals surface area (Å²) in [5.74, 6) is 0.817. The Morgan fingerprint density at radius 1 is 0.705 bits per heavy atom. The highest BCUT2D eigenvalue weighted by Crippen LogP contribution is 2.43. The van der Waals surface area contributed by atoms with Crippen LogP contribution >= 0.6 is 11.3 Å². The van der Waals surface area contributed by atoms with Crippen molar-refractivity contribution in [2.24, 2.45) is 7.05 Å². The molecule has 0 fully saturated rings. The van der Waals surface area contributed by atoms with Gasteiger partial charge in [-0.2, -0.15) is 0 Å². The van der Waals surface area contributed by atoms with Crippen molar-refractivity contribution in [3.05, 3.63) is 139 Å². The molecule has 5 aromatic carbocycles. The van der Waals surface area contributed by atoms with Crippen LogP contribution in [0.3, 0.4) is 0 Å². The van der Waals surface area contributed by atoms with Crippen molar-refractivity contribution in [1.82, 2.24) is 19.1 Å². The predicted molar refractivity (Wildman–Crippen MR) is 181 cm³/mol. The summed E-state index contributed by atoms with van der Waals surface area (Å²) < 4.78 is 23.2. The molecule has 9 aromatic rings. The lowest BCUT2D eigenvalue weighted by Crippen LogP contribution is -2.00. The highest BCUT2D eigenvalue weighted by Gasteiger charge is 2.21. The van der Waals surface area contributed by atoms with E-state index in [0.717, 1.165) is 50.0 Å². The number of aromatic nitrogens is 4. The van der Waals surface area contributed by atoms with Crippen molar-refractivity contribution in [1.29, 1.82) is 0 Å². The van der Waals surface area contributed by atoms with Gasteiger partial charge in [0.2, 0.25) is 0 Å². The van der Waals surface area contributed by atoms with Crippen molar-refractivity contribution in [3.8, 4) is 17.1 Å². The molecule has 0 aliphatic rings. The molecule has 4 aromatic heterocycles. The minimum atomic E-state index is -1.31. The monoisotopic (exact) mass is 588 g/mol. The van der Waals surface area contributed by atoms with Crippen LogP contribution in [-0.2, 0) is 7.05 Å². The predicted octanol–water partition coefficient (Wildman–Crippen LogP) is 10.2. The molecule has 0 saturated heterocycles. The second kappa shape index (κ2) is 9.59. The molecule has 1 unspecified atom stereocenters. The lowest BCUT2D eigenvalue weighted by atomic mass is 10.00. The molecule has 0 aliphatic carbocycles. The van der Waals surface area contributed by atoms with Crippen LogP contribution in [0.5, 0.6) is 0 Å². The number of thiophene rings is 1. The van der Waals surface area contributed by atoms with Gasteiger partial charge in [0.25, 0.3) is 0 Å². The van der Waals surface area contributed by atoms with E-state index in [1.807, 2.05) is 86.0 Å². The fourth-order valence-electron chi connectivity index (χ4n) is 6.64. The van der Waals surface area contributed by atoms with Crippen molar-refractivity contribution >= 4 is 64.5 Å². The van der Waals surface area contributed by atoms with Crippen LogP contribution in [0.15, 0.2) is 128 Å². The van der Waals surface area contributed by atoms with Crippen LogP contribution in [0.4, 0.5) is 4.39 Å². The van der Waals surface area contributed by atoms with E-state index in [0.29, 0.717) is 11.1 Å². The summed E-state index contributed by atoms with van der Waals surface area (Å²) >= 11 is 1.80. The van der Waals surface area contributed by atoms with E-state index in [-0.39, 0.29) is 0 Å². The van der Waals surface area contributed by atoms with E-state index in [2.05, 4.69) is 57.7 Å². The Bertz CT molecular complexity index is 2550. The molecule has 4 heterocycles. The van der Waals surface area contributed by atoms with Gasteiger partial charge >= 0.3 is 0 Å². The smallest absolute Gasteiger partial charge is 0.150 e. The number of hydrogen-bond donors (Lipinski definition) is 0. The summed E-state index contributed by atoms with van der Waals surface area (Å²) in [6, 6.07) is 40.6. The molecule has 0 bridgehead atoms. The minimum absolute atomic E-state index is 0.595. The number of alkyl halides is 1. The molecule has 0 spiro atoms. The number of imidazole rings is 1. The molecule has 0 aliphatic heterocycles. The summed E-state index contributed by atoms with van der Waals surface area (Å²) in [6.45, 7) is 0. The maximum absolute atomic E-state index is 16.5. The van der Waals surface area contributed by atoms with Crippen LogP contribution in [0.1, 0.15) is 17.3 Å². The molecular weight excluding hydrogens is 564 g/mol. The number of nitrogens with zero attached hydrogens (tertiary/aromatic N) is 4. The van der Waals surface area contributed by atoms with Gasteiger partial charge in [-0.1, -0.05) is 66.7 Å². The van der Waals surface area contributed by atoms with Gasteiger partial charge in [-0.3, -0.25) is 4.57 Å². The third kappa shape index (κ3) is 3.68. The highest BCUT2D eigenvalue weighted by molar-refractivity contribution is 7.26. The normalized spacial score (nSPS) is 12.7. The minimum Gasteiger partial charge on any atom is -0.327 e. The van der Waals surface area contributed by atoms with Crippen LogP contribution < -0.4 is 0 Å². The first-order valence-electron chi connectivity index (χ1n) is 14.6. The van der Waals surface area contributed by atoms with E-state index in [4.69, 9.17) is 9.97 Å². The van der Waals surface area contributed by atoms with Crippen LogP contribution in [0.2, 0.25) is 0 Å². The summed E-state index contributed by atoms with van der Waals surface area (Å²) in [7, 11) is 2.00. The van der Waals surface area contributed by atoms with Gasteiger partial charge in [0.1, 0.15) is 11.5 Å². The average molecular weight is 589 g/mol. The van der Waals surface area contributed by atoms with E-state index in [1.54, 1.807) is 11.3 Å². The first-order chi connectivity index (χ1) is 21.7. The average Bonchev–Trinajstić information content (AvgIpc) is 3.74. The van der Waals surface area contributed by atoms with Gasteiger partial charge in [-0.05, 0) is 65.7 Å². The largest absolute Gasteiger partial charge is 0.327 e. The molecule has 0 radical (unpaired) electrons. The quantitative estimate of drug-likeness (QED) is 0.205. The Labute approximate surface area is 256 Å². The number of halogens is 1. The first-order valence-corrected chi connectivity index (χ1v) is 15.4. The molecule has 0 saturated carbocycles. The second-order valence-electron chi connectivity index (χ2n) is 11.2. The lowest BCUT2D eigenvalue weighted by Gasteiger charge is -2.14. The highest BCUT2D eigenvalue weighted by atomic mass is 32.1. The van der Waals surface area contributed by atoms with E-state index in [9.17, 15) is 0 Å². The number of pyridine rings is 1. The lowest BCUT2D eigenvalue weighted by molar-refractivity contribution is 0.402. The van der Waals surface area contributed by atoms with E-state index < -0.39 is 6.17 Å². The number of hydrogen-bond acceptors (Lipinski definition) is 3. The van der Waals surface area contributed by atoms with Gasteiger partial charge in [0, 0.05) is 55.4 Å². The standard InChI is InChI=1S/C38H25FN4S/c1-42-31-16-4-3-15-30(31)41-37(42)25-11-6-9-23(21-25)35(39)24-10-7-12-26(22-24)43-36-27(28-14-8-20-40-38(28)43)18-19-33-34(36)29-13-2-5-17-32(29)44-33/h2-22,35H,1H3. The van der Waals surface area contributed by atoms with Gasteiger partial charge in [0.15, 0.2) is 6.17 Å². The molecule has 0 amide bonds. The summed E-state index contributed by atoms with van der Waals surface area (Å²) in [5.41, 5.74) is 6.90. The molecule has 210 valence electrons. The maximum atomic E-state index is 16.5. The Hall–Kier alpha value is -5.33. The van der Waals surface area contributed by atoms with Gasteiger partial charge in [-0.15, -0.1) is 11.3 Å². The number of para-hydroxylation sites is 2. The molecular formula is C38H25FN4S. The summed E-state index contributed by atoms with van der Waals surface area (Å²) in [5, 5.41) is 4.65. The number of fused-ring (bicyclic) bond motifs is 8. The summed E-state index contributed by atoms with van der Waals surface area (Å²) in [4.78, 5) is 9.67. The Balaban J connectivity index is 1.21. The molecule has 6 heteroatoms. The topological polar surface area (TPSA) is 35.6 Å². The van der Waals surface area contributed by atoms with Gasteiger partial charge < -0.3 is 4.57 Å². The fourth-order valence-corrected chi connectivity index (χ4v) is 7.75. The molecule has 0 N–H and O–H groups in total. The number of benzene rings is 5. The Morgan fingerprint density at radius 2 is 1.50 bits per heavy atom. The first kappa shape index (κ1) is 25.2. The Kier molecular flexibility index (Phi) is 5.49. The zero-order valence-corrected chi connectivity index (χ0v) is 24.6. The van der Waals surface area contributed by atoms with Crippen molar-refractivity contribution in [2.45, 2.75) is 6.17 Å². The zero-order chi connectivity index (χ0) is 29.4. The van der Waals surface area contributed by atoms with E-state index >= 15 is 4.39 Å². The van der Waals surface area contributed by atoms with Crippen LogP contribution in [0.25, 0.3) is 70.2 Å². The van der Waals surface area contributed by atoms with Gasteiger partial charge in [-0.25, -0.2) is 14.4 Å². The molecule has 44 heavy (non-hydrogen) atoms. The van der Waals surface area contributed by atoms with Crippen molar-refractivity contribution < 1.29 is 4.39 Å². The SMILES string of the molecule is Cn1c(-c2cccc(C(F)c3cccc(-n4c5ncccc5c5ccc6sc7ccccc7c6c54)c3)c2)nc2ccccc21. The molecule has 9 rings (SSSR count). The molecule has 1 atom stereocenters. The number of rotatable bonds is 4. The third-order valence-electron chi connectivity index (χ3n) is 8.67. The zero-order valence-electron chi connectivity index (χ0n) is 23.8. The Morgan fingerprint density at radius 3 is 2.41 bits per heavy atom. The summed E-state index contributed by atoms with van der Waals surface area (Å²) in [6.07, 6.45) is 0.516. The van der Waals surface area contributed by atoms with Crippen LogP contribution in [-0.4, -0.2) is 19.1 Å². The van der Waals surface area contributed by atoms with Gasteiger partial charge in [0.05, 0.1) is 16.6 Å². The number of aryl methyl sites for hydroxylation is 1. The second-order valence-corrected chi connectivity index (χ2v) is 12.3. The maximum Gasteiger partial charge on any atom is 0.150 e. The third-order valence-corrected chi connectivity index (χ3v) is 9.81. The van der Waals surface area contributed by atoms with Crippen LogP contribution in [0, 0.1) is 0 Å². The van der Waals surface area contributed by atoms with E-state index in [1.165, 1.54) is 20.2 Å². The molecule has 4 nitrogen and oxygen atoms in total. The fraction of sp³-hybridized carbons (Fsp3) is 0.0526. The van der Waals surface area contributed by atoms with Crippen molar-refractivity contribution in [2.75, 3.05) is 0 Å².